The number of primary amides is 1. The number of hydrogen-bond acceptors (Lipinski definition) is 10. The Morgan fingerprint density at radius 2 is 1.63 bits per heavy atom. The molecule has 15 nitrogen and oxygen atoms in total. The third-order valence-electron chi connectivity index (χ3n) is 16.7. The SMILES string of the molecule is C[C@H]1c2c(cc(F)c(Cl)c2-c2c(C(N)=O)ccc(OCCO)c2F)O[C@]1(CNC1CCC(C)(C(=O)N2CCC(N3CCC(c4c(F)cc5c(N6CCC(=O)NC6=O)nn(C)c5c4F)CC3)CC2)CC1)c1ccccc1. The van der Waals surface area contributed by atoms with Crippen LogP contribution in [0.2, 0.25) is 5.02 Å². The van der Waals surface area contributed by atoms with Gasteiger partial charge in [0.15, 0.2) is 28.8 Å². The minimum absolute atomic E-state index is 0.00000385. The summed E-state index contributed by atoms with van der Waals surface area (Å²) in [6.45, 7) is 6.15. The van der Waals surface area contributed by atoms with E-state index in [2.05, 4.69) is 20.6 Å². The number of piperidine rings is 2. The number of urea groups is 1. The zero-order chi connectivity index (χ0) is 53.1. The van der Waals surface area contributed by atoms with Gasteiger partial charge in [0.2, 0.25) is 17.7 Å². The van der Waals surface area contributed by atoms with Crippen molar-refractivity contribution >= 4 is 52.1 Å². The molecule has 4 aromatic carbocycles. The lowest BCUT2D eigenvalue weighted by molar-refractivity contribution is -0.145. The zero-order valence-electron chi connectivity index (χ0n) is 42.1. The lowest BCUT2D eigenvalue weighted by Crippen LogP contribution is -2.53. The summed E-state index contributed by atoms with van der Waals surface area (Å²) in [5.41, 5.74) is 4.69. The highest BCUT2D eigenvalue weighted by Crippen LogP contribution is 2.57. The van der Waals surface area contributed by atoms with Crippen LogP contribution < -0.4 is 30.7 Å². The van der Waals surface area contributed by atoms with Crippen molar-refractivity contribution in [1.82, 2.24) is 30.2 Å². The molecule has 0 bridgehead atoms. The molecule has 5 N–H and O–H groups in total. The van der Waals surface area contributed by atoms with Gasteiger partial charge in [0.1, 0.15) is 29.5 Å². The van der Waals surface area contributed by atoms with Crippen LogP contribution in [-0.4, -0.2) is 113 Å². The molecule has 5 aliphatic rings. The highest BCUT2D eigenvalue weighted by atomic mass is 35.5. The van der Waals surface area contributed by atoms with Gasteiger partial charge in [0.05, 0.1) is 22.6 Å². The van der Waals surface area contributed by atoms with Gasteiger partial charge in [-0.2, -0.15) is 5.10 Å². The molecule has 3 saturated heterocycles. The van der Waals surface area contributed by atoms with Crippen LogP contribution in [-0.2, 0) is 22.2 Å². The number of aliphatic hydroxyl groups excluding tert-OH is 1. The Hall–Kier alpha value is -6.28. The number of fused-ring (bicyclic) bond motifs is 2. The lowest BCUT2D eigenvalue weighted by Gasteiger charge is -2.45. The molecule has 20 heteroatoms. The number of nitrogens with one attached hydrogen (secondary N) is 2. The van der Waals surface area contributed by atoms with Gasteiger partial charge in [-0.1, -0.05) is 55.8 Å². The predicted octanol–water partition coefficient (Wildman–Crippen LogP) is 8.17. The molecule has 1 saturated carbocycles. The molecular formula is C55H61ClF4N8O7. The first-order valence-corrected chi connectivity index (χ1v) is 26.2. The first-order chi connectivity index (χ1) is 35.9. The summed E-state index contributed by atoms with van der Waals surface area (Å²) >= 11 is 6.73. The summed E-state index contributed by atoms with van der Waals surface area (Å²) < 4.78 is 78.2. The van der Waals surface area contributed by atoms with E-state index in [-0.39, 0.29) is 100 Å². The Balaban J connectivity index is 0.770. The van der Waals surface area contributed by atoms with E-state index < -0.39 is 69.7 Å². The van der Waals surface area contributed by atoms with E-state index in [1.165, 1.54) is 33.8 Å². The molecule has 10 rings (SSSR count). The van der Waals surface area contributed by atoms with Crippen LogP contribution in [0.5, 0.6) is 11.5 Å². The molecule has 0 unspecified atom stereocenters. The van der Waals surface area contributed by atoms with E-state index >= 15 is 17.6 Å². The number of aryl methyl sites for hydroxylation is 1. The number of likely N-dealkylation sites (tertiary alicyclic amines) is 2. The number of imide groups is 1. The Morgan fingerprint density at radius 3 is 2.29 bits per heavy atom. The Labute approximate surface area is 436 Å². The molecule has 1 aliphatic carbocycles. The van der Waals surface area contributed by atoms with Crippen molar-refractivity contribution in [2.75, 3.05) is 57.4 Å². The predicted molar refractivity (Wildman–Crippen MR) is 273 cm³/mol. The summed E-state index contributed by atoms with van der Waals surface area (Å²) in [4.78, 5) is 57.1. The summed E-state index contributed by atoms with van der Waals surface area (Å²) in [7, 11) is 1.55. The fraction of sp³-hybridized carbons (Fsp3) is 0.473. The van der Waals surface area contributed by atoms with E-state index in [0.717, 1.165) is 18.4 Å². The van der Waals surface area contributed by atoms with Gasteiger partial charge in [0, 0.05) is 91.4 Å². The van der Waals surface area contributed by atoms with Gasteiger partial charge < -0.3 is 35.4 Å². The van der Waals surface area contributed by atoms with Gasteiger partial charge in [-0.05, 0) is 94.1 Å². The minimum Gasteiger partial charge on any atom is -0.488 e. The molecule has 75 heavy (non-hydrogen) atoms. The molecule has 1 aromatic heterocycles. The number of carbonyl (C=O) groups is 4. The second-order valence-corrected chi connectivity index (χ2v) is 21.4. The largest absolute Gasteiger partial charge is 0.488 e. The van der Waals surface area contributed by atoms with E-state index in [0.29, 0.717) is 70.3 Å². The third kappa shape index (κ3) is 9.37. The van der Waals surface area contributed by atoms with Crippen molar-refractivity contribution in [3.63, 3.8) is 0 Å². The molecule has 0 radical (unpaired) electrons. The molecule has 4 aliphatic heterocycles. The molecule has 2 atom stereocenters. The number of rotatable bonds is 13. The Morgan fingerprint density at radius 1 is 0.920 bits per heavy atom. The normalized spacial score (nSPS) is 23.9. The van der Waals surface area contributed by atoms with Gasteiger partial charge >= 0.3 is 6.03 Å². The molecule has 398 valence electrons. The number of benzene rings is 4. The second kappa shape index (κ2) is 20.7. The van der Waals surface area contributed by atoms with Crippen LogP contribution in [0.4, 0.5) is 28.2 Å². The first-order valence-electron chi connectivity index (χ1n) is 25.8. The van der Waals surface area contributed by atoms with Crippen LogP contribution in [0.3, 0.4) is 0 Å². The highest BCUT2D eigenvalue weighted by Gasteiger charge is 2.51. The van der Waals surface area contributed by atoms with E-state index in [1.54, 1.807) is 7.05 Å². The monoisotopic (exact) mass is 1060 g/mol. The highest BCUT2D eigenvalue weighted by molar-refractivity contribution is 6.34. The zero-order valence-corrected chi connectivity index (χ0v) is 42.9. The van der Waals surface area contributed by atoms with Crippen molar-refractivity contribution in [3.05, 3.63) is 105 Å². The summed E-state index contributed by atoms with van der Waals surface area (Å²) in [6.07, 6.45) is 5.44. The smallest absolute Gasteiger partial charge is 0.329 e. The number of aromatic nitrogens is 2. The van der Waals surface area contributed by atoms with Crippen LogP contribution >= 0.6 is 11.6 Å². The average Bonchev–Trinajstić information content (AvgIpc) is 3.90. The second-order valence-electron chi connectivity index (χ2n) is 21.0. The van der Waals surface area contributed by atoms with Gasteiger partial charge in [-0.3, -0.25) is 29.3 Å². The topological polar surface area (TPSA) is 185 Å². The number of nitrogens with two attached hydrogens (primary N) is 1. The minimum atomic E-state index is -1.15. The summed E-state index contributed by atoms with van der Waals surface area (Å²) in [6, 6.07) is 13.9. The van der Waals surface area contributed by atoms with Crippen LogP contribution in [0.25, 0.3) is 22.0 Å². The maximum atomic E-state index is 16.5. The van der Waals surface area contributed by atoms with Crippen LogP contribution in [0.1, 0.15) is 111 Å². The van der Waals surface area contributed by atoms with Gasteiger partial charge in [0.25, 0.3) is 0 Å². The molecule has 5 amide bonds. The van der Waals surface area contributed by atoms with Crippen molar-refractivity contribution in [2.45, 2.75) is 101 Å². The molecule has 4 fully saturated rings. The number of carbonyl (C=O) groups excluding carboxylic acids is 4. The number of nitrogens with zero attached hydrogens (tertiary/aromatic N) is 5. The fourth-order valence-electron chi connectivity index (χ4n) is 12.5. The Bertz CT molecular complexity index is 3060. The lowest BCUT2D eigenvalue weighted by atomic mass is 9.72. The van der Waals surface area contributed by atoms with E-state index in [9.17, 15) is 24.3 Å². The number of ether oxygens (including phenoxy) is 2. The van der Waals surface area contributed by atoms with Gasteiger partial charge in [-0.25, -0.2) is 22.4 Å². The first kappa shape index (κ1) is 52.2. The Kier molecular flexibility index (Phi) is 14.4. The average molecular weight is 1060 g/mol. The third-order valence-corrected chi connectivity index (χ3v) is 17.1. The van der Waals surface area contributed by atoms with Crippen LogP contribution in [0, 0.1) is 28.7 Å². The van der Waals surface area contributed by atoms with Crippen molar-refractivity contribution in [1.29, 1.82) is 0 Å². The maximum absolute atomic E-state index is 16.5. The summed E-state index contributed by atoms with van der Waals surface area (Å²) in [5, 5.41) is 19.5. The number of anilines is 1. The fourth-order valence-corrected chi connectivity index (χ4v) is 12.8. The number of halogens is 5. The van der Waals surface area contributed by atoms with Crippen LogP contribution in [0.15, 0.2) is 54.6 Å². The number of hydrogen-bond donors (Lipinski definition) is 4. The molecule has 5 heterocycles. The summed E-state index contributed by atoms with van der Waals surface area (Å²) in [5.74, 6) is -5.48. The standard InChI is InChI=1S/C55H61ClF4N8O7/c1-30-42-40(28-38(58)46(56)45(42)44-35(50(61)71)9-10-39(47(44)59)74-26-25-69)75-55(30,32-7-5-4-6-8-32)29-62-33-11-18-54(2,19-12-33)52(72)67-22-15-34(16-23-67)66-20-13-31(14-21-66)43-37(57)27-36-49(48(43)60)65(3)64-51(36)68-24-17-41(70)63-53(68)73/h4-10,27-28,30-31,33-34,62,69H,11-26,29H2,1-3H3,(H2,61,71)(H,63,70,73)/t30-,33?,54?,55-/m0/s1. The number of amides is 5. The maximum Gasteiger partial charge on any atom is 0.329 e. The number of aliphatic hydroxyl groups is 1. The van der Waals surface area contributed by atoms with Crippen molar-refractivity contribution in [2.24, 2.45) is 18.2 Å². The van der Waals surface area contributed by atoms with E-state index in [4.69, 9.17) is 26.8 Å². The quantitative estimate of drug-likeness (QED) is 0.0840. The van der Waals surface area contributed by atoms with Crippen molar-refractivity contribution < 1.29 is 51.3 Å². The molecule has 5 aromatic rings. The van der Waals surface area contributed by atoms with Gasteiger partial charge in [-0.15, -0.1) is 0 Å². The molecular weight excluding hydrogens is 996 g/mol. The van der Waals surface area contributed by atoms with Crippen molar-refractivity contribution in [3.8, 4) is 22.6 Å². The van der Waals surface area contributed by atoms with E-state index in [1.807, 2.05) is 49.1 Å². The molecule has 0 spiro atoms.